The summed E-state index contributed by atoms with van der Waals surface area (Å²) >= 11 is 0. The maximum Gasteiger partial charge on any atom is 0.0447 e. The van der Waals surface area contributed by atoms with Crippen LogP contribution in [0.4, 0.5) is 0 Å². The van der Waals surface area contributed by atoms with Crippen molar-refractivity contribution in [2.75, 3.05) is 13.1 Å². The Balaban J connectivity index is 2.66. The van der Waals surface area contributed by atoms with Gasteiger partial charge in [0.15, 0.2) is 0 Å². The van der Waals surface area contributed by atoms with E-state index in [-0.39, 0.29) is 0 Å². The summed E-state index contributed by atoms with van der Waals surface area (Å²) in [5.74, 6) is 0.316. The van der Waals surface area contributed by atoms with Crippen LogP contribution in [0.1, 0.15) is 18.0 Å². The SMILES string of the molecule is NCCC(CN)c1ccccn1. The van der Waals surface area contributed by atoms with Gasteiger partial charge >= 0.3 is 0 Å². The van der Waals surface area contributed by atoms with Crippen LogP contribution in [-0.4, -0.2) is 18.1 Å². The molecular formula is C9H15N3. The fraction of sp³-hybridized carbons (Fsp3) is 0.444. The largest absolute Gasteiger partial charge is 0.330 e. The number of hydrogen-bond donors (Lipinski definition) is 2. The maximum absolute atomic E-state index is 5.60. The molecule has 1 aromatic rings. The summed E-state index contributed by atoms with van der Waals surface area (Å²) in [5.41, 5.74) is 12.1. The molecule has 0 bridgehead atoms. The Kier molecular flexibility index (Phi) is 3.70. The number of nitrogens with two attached hydrogens (primary N) is 2. The van der Waals surface area contributed by atoms with E-state index < -0.39 is 0 Å². The van der Waals surface area contributed by atoms with E-state index in [1.807, 2.05) is 18.2 Å². The molecule has 0 aliphatic rings. The van der Waals surface area contributed by atoms with E-state index in [9.17, 15) is 0 Å². The molecule has 0 fully saturated rings. The van der Waals surface area contributed by atoms with Crippen LogP contribution in [-0.2, 0) is 0 Å². The average Bonchev–Trinajstić information content (AvgIpc) is 2.15. The van der Waals surface area contributed by atoms with Crippen LogP contribution in [0.25, 0.3) is 0 Å². The van der Waals surface area contributed by atoms with Gasteiger partial charge in [-0.1, -0.05) is 6.07 Å². The van der Waals surface area contributed by atoms with Gasteiger partial charge in [-0.25, -0.2) is 0 Å². The first-order valence-corrected chi connectivity index (χ1v) is 4.19. The van der Waals surface area contributed by atoms with Crippen molar-refractivity contribution in [3.8, 4) is 0 Å². The predicted molar refractivity (Wildman–Crippen MR) is 49.7 cm³/mol. The van der Waals surface area contributed by atoms with Crippen molar-refractivity contribution in [1.82, 2.24) is 4.98 Å². The summed E-state index contributed by atoms with van der Waals surface area (Å²) in [7, 11) is 0. The Morgan fingerprint density at radius 2 is 2.17 bits per heavy atom. The molecule has 0 amide bonds. The lowest BCUT2D eigenvalue weighted by molar-refractivity contribution is 0.626. The molecule has 0 aromatic carbocycles. The van der Waals surface area contributed by atoms with Crippen molar-refractivity contribution >= 4 is 0 Å². The summed E-state index contributed by atoms with van der Waals surface area (Å²) in [4.78, 5) is 4.23. The molecule has 12 heavy (non-hydrogen) atoms. The van der Waals surface area contributed by atoms with Crippen LogP contribution in [0.2, 0.25) is 0 Å². The quantitative estimate of drug-likeness (QED) is 0.681. The van der Waals surface area contributed by atoms with Crippen LogP contribution in [0.5, 0.6) is 0 Å². The molecule has 3 nitrogen and oxygen atoms in total. The van der Waals surface area contributed by atoms with Crippen LogP contribution in [0.15, 0.2) is 24.4 Å². The Hall–Kier alpha value is -0.930. The molecule has 1 rings (SSSR count). The molecule has 0 saturated heterocycles. The van der Waals surface area contributed by atoms with Gasteiger partial charge in [0.2, 0.25) is 0 Å². The van der Waals surface area contributed by atoms with Crippen LogP contribution >= 0.6 is 0 Å². The zero-order valence-corrected chi connectivity index (χ0v) is 7.11. The molecule has 0 saturated carbocycles. The Morgan fingerprint density at radius 3 is 2.67 bits per heavy atom. The highest BCUT2D eigenvalue weighted by molar-refractivity contribution is 5.09. The zero-order valence-electron chi connectivity index (χ0n) is 7.11. The highest BCUT2D eigenvalue weighted by Crippen LogP contribution is 2.13. The van der Waals surface area contributed by atoms with Crippen LogP contribution in [0, 0.1) is 0 Å². The molecule has 1 aromatic heterocycles. The molecule has 4 N–H and O–H groups in total. The van der Waals surface area contributed by atoms with Crippen molar-refractivity contribution in [2.24, 2.45) is 11.5 Å². The minimum Gasteiger partial charge on any atom is -0.330 e. The second-order valence-corrected chi connectivity index (χ2v) is 2.76. The van der Waals surface area contributed by atoms with E-state index >= 15 is 0 Å². The molecular weight excluding hydrogens is 150 g/mol. The van der Waals surface area contributed by atoms with Crippen molar-refractivity contribution in [3.63, 3.8) is 0 Å². The van der Waals surface area contributed by atoms with Gasteiger partial charge in [0.05, 0.1) is 0 Å². The number of nitrogens with zero attached hydrogens (tertiary/aromatic N) is 1. The number of rotatable bonds is 4. The van der Waals surface area contributed by atoms with Gasteiger partial charge in [-0.3, -0.25) is 4.98 Å². The smallest absolute Gasteiger partial charge is 0.0447 e. The van der Waals surface area contributed by atoms with Crippen molar-refractivity contribution in [3.05, 3.63) is 30.1 Å². The van der Waals surface area contributed by atoms with Crippen LogP contribution in [0.3, 0.4) is 0 Å². The number of pyridine rings is 1. The minimum absolute atomic E-state index is 0.316. The van der Waals surface area contributed by atoms with E-state index in [0.29, 0.717) is 19.0 Å². The van der Waals surface area contributed by atoms with Gasteiger partial charge in [-0.05, 0) is 25.1 Å². The van der Waals surface area contributed by atoms with E-state index in [0.717, 1.165) is 12.1 Å². The predicted octanol–water partition coefficient (Wildman–Crippen LogP) is 0.473. The molecule has 1 atom stereocenters. The van der Waals surface area contributed by atoms with E-state index in [1.165, 1.54) is 0 Å². The van der Waals surface area contributed by atoms with E-state index in [2.05, 4.69) is 4.98 Å². The van der Waals surface area contributed by atoms with Gasteiger partial charge in [-0.15, -0.1) is 0 Å². The average molecular weight is 165 g/mol. The fourth-order valence-electron chi connectivity index (χ4n) is 1.21. The van der Waals surface area contributed by atoms with Gasteiger partial charge < -0.3 is 11.5 Å². The zero-order chi connectivity index (χ0) is 8.81. The monoisotopic (exact) mass is 165 g/mol. The second-order valence-electron chi connectivity index (χ2n) is 2.76. The highest BCUT2D eigenvalue weighted by Gasteiger charge is 2.08. The fourth-order valence-corrected chi connectivity index (χ4v) is 1.21. The lowest BCUT2D eigenvalue weighted by atomic mass is 10.0. The first-order chi connectivity index (χ1) is 5.88. The maximum atomic E-state index is 5.60. The van der Waals surface area contributed by atoms with Crippen molar-refractivity contribution < 1.29 is 0 Å². The van der Waals surface area contributed by atoms with E-state index in [1.54, 1.807) is 6.20 Å². The molecule has 0 aliphatic heterocycles. The second kappa shape index (κ2) is 4.85. The summed E-state index contributed by atoms with van der Waals surface area (Å²) in [5, 5.41) is 0. The molecule has 0 radical (unpaired) electrons. The van der Waals surface area contributed by atoms with Gasteiger partial charge in [-0.2, -0.15) is 0 Å². The van der Waals surface area contributed by atoms with E-state index in [4.69, 9.17) is 11.5 Å². The standard InChI is InChI=1S/C9H15N3/c10-5-4-8(7-11)9-3-1-2-6-12-9/h1-3,6,8H,4-5,7,10-11H2. The van der Waals surface area contributed by atoms with Gasteiger partial charge in [0.1, 0.15) is 0 Å². The Morgan fingerprint density at radius 1 is 1.33 bits per heavy atom. The lowest BCUT2D eigenvalue weighted by Crippen LogP contribution is -2.17. The van der Waals surface area contributed by atoms with Gasteiger partial charge in [0.25, 0.3) is 0 Å². The molecule has 1 unspecified atom stereocenters. The molecule has 0 aliphatic carbocycles. The molecule has 3 heteroatoms. The van der Waals surface area contributed by atoms with Crippen molar-refractivity contribution in [2.45, 2.75) is 12.3 Å². The third-order valence-electron chi connectivity index (χ3n) is 1.91. The first kappa shape index (κ1) is 9.16. The molecule has 66 valence electrons. The number of hydrogen-bond acceptors (Lipinski definition) is 3. The Labute approximate surface area is 72.8 Å². The third-order valence-corrected chi connectivity index (χ3v) is 1.91. The minimum atomic E-state index is 0.316. The van der Waals surface area contributed by atoms with Crippen LogP contribution < -0.4 is 11.5 Å². The highest BCUT2D eigenvalue weighted by atomic mass is 14.7. The topological polar surface area (TPSA) is 64.9 Å². The summed E-state index contributed by atoms with van der Waals surface area (Å²) in [6, 6.07) is 5.87. The van der Waals surface area contributed by atoms with Gasteiger partial charge in [0, 0.05) is 24.4 Å². The molecule has 1 heterocycles. The summed E-state index contributed by atoms with van der Waals surface area (Å²) < 4.78 is 0. The first-order valence-electron chi connectivity index (χ1n) is 4.19. The third kappa shape index (κ3) is 2.29. The summed E-state index contributed by atoms with van der Waals surface area (Å²) in [6.45, 7) is 1.28. The normalized spacial score (nSPS) is 12.8. The summed E-state index contributed by atoms with van der Waals surface area (Å²) in [6.07, 6.45) is 2.70. The number of aromatic nitrogens is 1. The van der Waals surface area contributed by atoms with Crippen molar-refractivity contribution in [1.29, 1.82) is 0 Å². The molecule has 0 spiro atoms. The lowest BCUT2D eigenvalue weighted by Gasteiger charge is -2.11. The Bertz CT molecular complexity index is 210.